The molecule has 0 saturated carbocycles. The highest BCUT2D eigenvalue weighted by molar-refractivity contribution is 14.1. The van der Waals surface area contributed by atoms with Gasteiger partial charge in [-0.1, -0.05) is 0 Å². The molecule has 0 aliphatic rings. The van der Waals surface area contributed by atoms with Gasteiger partial charge >= 0.3 is 11.7 Å². The second-order valence-corrected chi connectivity index (χ2v) is 5.38. The maximum Gasteiger partial charge on any atom is 0.322 e. The van der Waals surface area contributed by atoms with E-state index in [-0.39, 0.29) is 21.9 Å². The number of nitro groups is 1. The Hall–Kier alpha value is -1.36. The molecule has 2 rings (SSSR count). The molecule has 0 atom stereocenters. The van der Waals surface area contributed by atoms with Gasteiger partial charge in [0, 0.05) is 28.1 Å². The topological polar surface area (TPSA) is 78.2 Å². The summed E-state index contributed by atoms with van der Waals surface area (Å²) in [4.78, 5) is 17.9. The molecule has 0 bridgehead atoms. The molecular weight excluding hydrogens is 436 g/mol. The summed E-state index contributed by atoms with van der Waals surface area (Å²) in [6.07, 6.45) is 2.95. The van der Waals surface area contributed by atoms with Crippen LogP contribution in [0.3, 0.4) is 0 Å². The van der Waals surface area contributed by atoms with Gasteiger partial charge in [-0.3, -0.25) is 10.1 Å². The number of rotatable bonds is 3. The first-order valence-electron chi connectivity index (χ1n) is 4.76. The van der Waals surface area contributed by atoms with Crippen LogP contribution in [0.5, 0.6) is 11.8 Å². The summed E-state index contributed by atoms with van der Waals surface area (Å²) in [5, 5.41) is 10.9. The van der Waals surface area contributed by atoms with E-state index in [0.717, 1.165) is 15.7 Å². The number of nitro benzene ring substituents is 1. The average Bonchev–Trinajstić information content (AvgIpc) is 2.36. The second-order valence-electron chi connectivity index (χ2n) is 3.28. The Morgan fingerprint density at radius 2 is 2.00 bits per heavy atom. The van der Waals surface area contributed by atoms with Crippen LogP contribution in [0.1, 0.15) is 0 Å². The van der Waals surface area contributed by atoms with E-state index in [0.29, 0.717) is 0 Å². The molecule has 0 radical (unpaired) electrons. The van der Waals surface area contributed by atoms with E-state index in [9.17, 15) is 14.5 Å². The van der Waals surface area contributed by atoms with E-state index in [1.807, 2.05) is 22.6 Å². The van der Waals surface area contributed by atoms with Crippen molar-refractivity contribution < 1.29 is 14.1 Å². The molecule has 0 amide bonds. The van der Waals surface area contributed by atoms with Gasteiger partial charge in [0.1, 0.15) is 5.82 Å². The third kappa shape index (κ3) is 3.35. The number of benzene rings is 1. The van der Waals surface area contributed by atoms with Gasteiger partial charge in [-0.15, -0.1) is 0 Å². The van der Waals surface area contributed by atoms with Gasteiger partial charge < -0.3 is 4.74 Å². The van der Waals surface area contributed by atoms with Crippen LogP contribution in [-0.2, 0) is 0 Å². The highest BCUT2D eigenvalue weighted by atomic mass is 127. The minimum absolute atomic E-state index is 0.0184. The number of aromatic nitrogens is 2. The van der Waals surface area contributed by atoms with E-state index < -0.39 is 10.7 Å². The number of ether oxygens (including phenoxy) is 1. The Kier molecular flexibility index (Phi) is 4.24. The quantitative estimate of drug-likeness (QED) is 0.414. The minimum atomic E-state index is -0.675. The first-order chi connectivity index (χ1) is 8.97. The molecule has 0 saturated heterocycles. The van der Waals surface area contributed by atoms with Crippen molar-refractivity contribution in [3.63, 3.8) is 0 Å². The maximum absolute atomic E-state index is 13.4. The lowest BCUT2D eigenvalue weighted by Gasteiger charge is -2.05. The van der Waals surface area contributed by atoms with Crippen LogP contribution in [0.2, 0.25) is 0 Å². The van der Waals surface area contributed by atoms with Crippen molar-refractivity contribution in [1.82, 2.24) is 9.97 Å². The molecule has 9 heteroatoms. The van der Waals surface area contributed by atoms with Crippen LogP contribution in [0, 0.1) is 19.5 Å². The summed E-state index contributed by atoms with van der Waals surface area (Å²) in [6.45, 7) is 0. The lowest BCUT2D eigenvalue weighted by atomic mass is 10.3. The zero-order valence-electron chi connectivity index (χ0n) is 9.01. The molecule has 1 heterocycles. The fourth-order valence-corrected chi connectivity index (χ4v) is 1.80. The Balaban J connectivity index is 2.41. The van der Waals surface area contributed by atoms with Crippen LogP contribution < -0.4 is 4.74 Å². The fourth-order valence-electron chi connectivity index (χ4n) is 1.19. The van der Waals surface area contributed by atoms with E-state index in [1.54, 1.807) is 0 Å². The third-order valence-electron chi connectivity index (χ3n) is 2.00. The first kappa shape index (κ1) is 14.1. The normalized spacial score (nSPS) is 10.3. The number of halogens is 3. The van der Waals surface area contributed by atoms with E-state index in [4.69, 9.17) is 4.74 Å². The predicted octanol–water partition coefficient (Wildman–Crippen LogP) is 3.68. The van der Waals surface area contributed by atoms with E-state index >= 15 is 0 Å². The number of nitrogens with zero attached hydrogens (tertiary/aromatic N) is 3. The van der Waals surface area contributed by atoms with Crippen molar-refractivity contribution in [1.29, 1.82) is 0 Å². The molecule has 0 N–H and O–H groups in total. The monoisotopic (exact) mass is 439 g/mol. The zero-order valence-corrected chi connectivity index (χ0v) is 12.8. The molecule has 2 aromatic rings. The molecule has 98 valence electrons. The van der Waals surface area contributed by atoms with Gasteiger partial charge in [0.2, 0.25) is 5.75 Å². The van der Waals surface area contributed by atoms with Crippen molar-refractivity contribution in [3.8, 4) is 11.8 Å². The van der Waals surface area contributed by atoms with Crippen LogP contribution in [0.4, 0.5) is 10.1 Å². The fraction of sp³-hybridized carbons (Fsp3) is 0. The highest BCUT2D eigenvalue weighted by Crippen LogP contribution is 2.34. The number of hydrogen-bond acceptors (Lipinski definition) is 5. The predicted molar refractivity (Wildman–Crippen MR) is 75.6 cm³/mol. The average molecular weight is 440 g/mol. The van der Waals surface area contributed by atoms with Gasteiger partial charge in [-0.25, -0.2) is 14.4 Å². The summed E-state index contributed by atoms with van der Waals surface area (Å²) in [7, 11) is 0. The molecule has 0 fully saturated rings. The van der Waals surface area contributed by atoms with Gasteiger partial charge in [0.15, 0.2) is 0 Å². The maximum atomic E-state index is 13.4. The van der Waals surface area contributed by atoms with Crippen molar-refractivity contribution in [2.75, 3.05) is 0 Å². The van der Waals surface area contributed by atoms with Gasteiger partial charge in [-0.2, -0.15) is 0 Å². The van der Waals surface area contributed by atoms with Crippen molar-refractivity contribution in [3.05, 3.63) is 48.5 Å². The van der Waals surface area contributed by atoms with Gasteiger partial charge in [0.05, 0.1) is 9.40 Å². The smallest absolute Gasteiger partial charge is 0.322 e. The molecule has 1 aromatic carbocycles. The van der Waals surface area contributed by atoms with Crippen LogP contribution in [0.25, 0.3) is 0 Å². The molecule has 0 aliphatic heterocycles. The third-order valence-corrected chi connectivity index (χ3v) is 3.16. The molecular formula is C10H4BrFIN3O3. The summed E-state index contributed by atoms with van der Waals surface area (Å²) in [5.74, 6) is -0.932. The van der Waals surface area contributed by atoms with Crippen molar-refractivity contribution in [2.45, 2.75) is 0 Å². The lowest BCUT2D eigenvalue weighted by Crippen LogP contribution is -1.97. The lowest BCUT2D eigenvalue weighted by molar-refractivity contribution is -0.385. The van der Waals surface area contributed by atoms with E-state index in [1.165, 1.54) is 12.4 Å². The standard InChI is InChI=1S/C10H4BrFIN3O3/c11-6-1-8(16(17)18)9(2-7(6)12)19-10-14-3-5(13)4-15-10/h1-4H. The Labute approximate surface area is 128 Å². The molecule has 0 unspecified atom stereocenters. The molecule has 1 aromatic heterocycles. The Bertz CT molecular complexity index is 639. The number of hydrogen-bond donors (Lipinski definition) is 0. The van der Waals surface area contributed by atoms with Gasteiger partial charge in [0.25, 0.3) is 0 Å². The van der Waals surface area contributed by atoms with Crippen LogP contribution in [-0.4, -0.2) is 14.9 Å². The summed E-state index contributed by atoms with van der Waals surface area (Å²) >= 11 is 4.88. The van der Waals surface area contributed by atoms with E-state index in [2.05, 4.69) is 25.9 Å². The summed E-state index contributed by atoms with van der Waals surface area (Å²) in [5.41, 5.74) is -0.379. The molecule has 0 aliphatic carbocycles. The zero-order chi connectivity index (χ0) is 14.0. The Morgan fingerprint density at radius 3 is 2.58 bits per heavy atom. The van der Waals surface area contributed by atoms with Crippen LogP contribution in [0.15, 0.2) is 29.0 Å². The molecule has 0 spiro atoms. The van der Waals surface area contributed by atoms with Crippen molar-refractivity contribution >= 4 is 44.2 Å². The summed E-state index contributed by atoms with van der Waals surface area (Å²) < 4.78 is 19.3. The SMILES string of the molecule is O=[N+]([O-])c1cc(Br)c(F)cc1Oc1ncc(I)cn1. The summed E-state index contributed by atoms with van der Waals surface area (Å²) in [6, 6.07) is 1.84. The second kappa shape index (κ2) is 5.74. The first-order valence-corrected chi connectivity index (χ1v) is 6.63. The molecule has 6 nitrogen and oxygen atoms in total. The largest absolute Gasteiger partial charge is 0.417 e. The molecule has 19 heavy (non-hydrogen) atoms. The van der Waals surface area contributed by atoms with Crippen molar-refractivity contribution in [2.24, 2.45) is 0 Å². The van der Waals surface area contributed by atoms with Crippen LogP contribution >= 0.6 is 38.5 Å². The highest BCUT2D eigenvalue weighted by Gasteiger charge is 2.20. The van der Waals surface area contributed by atoms with Gasteiger partial charge in [-0.05, 0) is 38.5 Å². The minimum Gasteiger partial charge on any atom is -0.417 e. The Morgan fingerprint density at radius 1 is 1.37 bits per heavy atom.